The Balaban J connectivity index is 1.81. The number of rotatable bonds is 8. The van der Waals surface area contributed by atoms with Crippen LogP contribution in [0.15, 0.2) is 47.0 Å². The highest BCUT2D eigenvalue weighted by Crippen LogP contribution is 2.42. The highest BCUT2D eigenvalue weighted by Gasteiger charge is 2.35. The minimum Gasteiger partial charge on any atom is -0.331 e. The predicted molar refractivity (Wildman–Crippen MR) is 102 cm³/mol. The summed E-state index contributed by atoms with van der Waals surface area (Å²) >= 11 is 4.85. The lowest BCUT2D eigenvalue weighted by Crippen LogP contribution is -2.22. The molecule has 1 aromatic heterocycles. The topological polar surface area (TPSA) is 77.2 Å². The van der Waals surface area contributed by atoms with Crippen LogP contribution in [0.1, 0.15) is 18.4 Å². The fourth-order valence-electron chi connectivity index (χ4n) is 2.51. The van der Waals surface area contributed by atoms with E-state index < -0.39 is 30.4 Å². The van der Waals surface area contributed by atoms with Gasteiger partial charge in [0.25, 0.3) is 7.52 Å². The largest absolute Gasteiger partial charge is 0.400 e. The molecule has 0 radical (unpaired) electrons. The molecule has 0 amide bonds. The molecule has 0 saturated heterocycles. The Kier molecular flexibility index (Phi) is 6.62. The van der Waals surface area contributed by atoms with Gasteiger partial charge in [-0.1, -0.05) is 23.4 Å². The van der Waals surface area contributed by atoms with Crippen LogP contribution in [-0.2, 0) is 21.0 Å². The van der Waals surface area contributed by atoms with Gasteiger partial charge in [-0.15, -0.1) is 0 Å². The molecule has 160 valence electrons. The standard InChI is InChI=1S/C18H15ClF4N3O3P/c1-2-28-30(27,24-10-12-3-6-13(20)9-15(12)21)14-7-4-11(5-8-14)16-25-17(29-26-16)18(19,22)23/h3-9H,2,10H2,1H3,(H,24,27). The second-order valence-corrected chi connectivity index (χ2v) is 8.68. The summed E-state index contributed by atoms with van der Waals surface area (Å²) in [5.74, 6) is -2.70. The summed E-state index contributed by atoms with van der Waals surface area (Å²) in [4.78, 5) is 3.52. The molecule has 6 nitrogen and oxygen atoms in total. The predicted octanol–water partition coefficient (Wildman–Crippen LogP) is 4.95. The summed E-state index contributed by atoms with van der Waals surface area (Å²) in [6.45, 7) is 1.55. The van der Waals surface area contributed by atoms with Crippen LogP contribution in [0.4, 0.5) is 17.6 Å². The van der Waals surface area contributed by atoms with Crippen molar-refractivity contribution in [3.8, 4) is 11.4 Å². The minimum atomic E-state index is -3.80. The average molecular weight is 464 g/mol. The van der Waals surface area contributed by atoms with E-state index in [9.17, 15) is 22.1 Å². The summed E-state index contributed by atoms with van der Waals surface area (Å²) in [6.07, 6.45) is 0. The van der Waals surface area contributed by atoms with E-state index in [2.05, 4.69) is 19.8 Å². The van der Waals surface area contributed by atoms with Crippen molar-refractivity contribution in [2.45, 2.75) is 18.9 Å². The van der Waals surface area contributed by atoms with Crippen LogP contribution in [0, 0.1) is 11.6 Å². The Morgan fingerprint density at radius 3 is 2.47 bits per heavy atom. The van der Waals surface area contributed by atoms with Gasteiger partial charge in [-0.05, 0) is 36.7 Å². The van der Waals surface area contributed by atoms with E-state index in [0.717, 1.165) is 12.1 Å². The maximum Gasteiger partial charge on any atom is 0.400 e. The third kappa shape index (κ3) is 5.07. The molecular weight excluding hydrogens is 449 g/mol. The van der Waals surface area contributed by atoms with E-state index in [1.165, 1.54) is 30.3 Å². The first-order chi connectivity index (χ1) is 14.1. The first kappa shape index (κ1) is 22.4. The number of nitrogens with zero attached hydrogens (tertiary/aromatic N) is 2. The van der Waals surface area contributed by atoms with Gasteiger partial charge in [0.05, 0.1) is 11.9 Å². The van der Waals surface area contributed by atoms with E-state index in [1.807, 2.05) is 0 Å². The number of hydrogen-bond donors (Lipinski definition) is 1. The number of hydrogen-bond acceptors (Lipinski definition) is 5. The SMILES string of the molecule is CCOP(=O)(NCc1ccc(F)cc1F)c1ccc(-c2noc(C(F)(F)Cl)n2)cc1. The molecule has 1 N–H and O–H groups in total. The van der Waals surface area contributed by atoms with Crippen molar-refractivity contribution in [3.63, 3.8) is 0 Å². The molecule has 0 spiro atoms. The zero-order chi connectivity index (χ0) is 21.9. The number of aromatic nitrogens is 2. The number of halogens is 5. The van der Waals surface area contributed by atoms with Crippen molar-refractivity contribution in [2.75, 3.05) is 6.61 Å². The van der Waals surface area contributed by atoms with E-state index in [1.54, 1.807) is 6.92 Å². The molecule has 3 aromatic rings. The molecule has 0 aliphatic carbocycles. The van der Waals surface area contributed by atoms with E-state index in [0.29, 0.717) is 5.56 Å². The molecule has 0 aliphatic heterocycles. The van der Waals surface area contributed by atoms with E-state index in [4.69, 9.17) is 16.1 Å². The summed E-state index contributed by atoms with van der Waals surface area (Å²) < 4.78 is 76.0. The van der Waals surface area contributed by atoms with Crippen molar-refractivity contribution in [3.05, 3.63) is 65.6 Å². The lowest BCUT2D eigenvalue weighted by atomic mass is 10.2. The minimum absolute atomic E-state index is 0.0942. The Hall–Kier alpha value is -2.26. The van der Waals surface area contributed by atoms with Crippen molar-refractivity contribution in [1.82, 2.24) is 15.2 Å². The van der Waals surface area contributed by atoms with Crippen LogP contribution in [0.5, 0.6) is 0 Å². The average Bonchev–Trinajstić information content (AvgIpc) is 3.18. The Labute approximate surface area is 173 Å². The third-order valence-corrected chi connectivity index (χ3v) is 6.27. The molecular formula is C18H15ClF4N3O3P. The van der Waals surface area contributed by atoms with Gasteiger partial charge < -0.3 is 9.05 Å². The molecule has 1 atom stereocenters. The normalized spacial score (nSPS) is 13.9. The fraction of sp³-hybridized carbons (Fsp3) is 0.222. The Morgan fingerprint density at radius 2 is 1.90 bits per heavy atom. The van der Waals surface area contributed by atoms with Gasteiger partial charge in [0.1, 0.15) is 11.6 Å². The zero-order valence-corrected chi connectivity index (χ0v) is 17.1. The van der Waals surface area contributed by atoms with Crippen molar-refractivity contribution < 1.29 is 31.2 Å². The Bertz CT molecular complexity index is 1070. The molecule has 12 heteroatoms. The first-order valence-electron chi connectivity index (χ1n) is 8.58. The highest BCUT2D eigenvalue weighted by molar-refractivity contribution is 7.65. The van der Waals surface area contributed by atoms with Gasteiger partial charge in [0.2, 0.25) is 5.82 Å². The molecule has 1 heterocycles. The molecule has 0 fully saturated rings. The highest BCUT2D eigenvalue weighted by atomic mass is 35.5. The number of alkyl halides is 3. The van der Waals surface area contributed by atoms with Crippen LogP contribution in [0.3, 0.4) is 0 Å². The van der Waals surface area contributed by atoms with Gasteiger partial charge in [0, 0.05) is 23.7 Å². The molecule has 0 saturated carbocycles. The lowest BCUT2D eigenvalue weighted by molar-refractivity contribution is 0.0551. The van der Waals surface area contributed by atoms with E-state index >= 15 is 0 Å². The van der Waals surface area contributed by atoms with Crippen LogP contribution < -0.4 is 10.4 Å². The second kappa shape index (κ2) is 8.85. The monoisotopic (exact) mass is 463 g/mol. The fourth-order valence-corrected chi connectivity index (χ4v) is 4.29. The molecule has 1 unspecified atom stereocenters. The smallest absolute Gasteiger partial charge is 0.331 e. The zero-order valence-electron chi connectivity index (χ0n) is 15.4. The first-order valence-corrected chi connectivity index (χ1v) is 10.6. The number of nitrogens with one attached hydrogen (secondary N) is 1. The van der Waals surface area contributed by atoms with Gasteiger partial charge in [-0.25, -0.2) is 13.9 Å². The maximum atomic E-state index is 13.8. The summed E-state index contributed by atoms with van der Waals surface area (Å²) in [7, 11) is -3.62. The van der Waals surface area contributed by atoms with Crippen LogP contribution >= 0.6 is 19.1 Å². The molecule has 2 aromatic carbocycles. The molecule has 0 aliphatic rings. The summed E-state index contributed by atoms with van der Waals surface area (Å²) in [5, 5.41) is 2.55. The second-order valence-electron chi connectivity index (χ2n) is 6.01. The summed E-state index contributed by atoms with van der Waals surface area (Å²) in [5.41, 5.74) is 0.413. The van der Waals surface area contributed by atoms with Crippen LogP contribution in [0.25, 0.3) is 11.4 Å². The van der Waals surface area contributed by atoms with Gasteiger partial charge in [-0.3, -0.25) is 4.57 Å². The molecule has 0 bridgehead atoms. The van der Waals surface area contributed by atoms with Gasteiger partial charge >= 0.3 is 11.3 Å². The van der Waals surface area contributed by atoms with Gasteiger partial charge in [-0.2, -0.15) is 13.8 Å². The van der Waals surface area contributed by atoms with Crippen LogP contribution in [0.2, 0.25) is 0 Å². The van der Waals surface area contributed by atoms with Crippen molar-refractivity contribution in [1.29, 1.82) is 0 Å². The third-order valence-electron chi connectivity index (χ3n) is 3.94. The van der Waals surface area contributed by atoms with Crippen molar-refractivity contribution >= 4 is 24.4 Å². The molecule has 30 heavy (non-hydrogen) atoms. The summed E-state index contributed by atoms with van der Waals surface area (Å²) in [6, 6.07) is 8.76. The lowest BCUT2D eigenvalue weighted by Gasteiger charge is -2.19. The van der Waals surface area contributed by atoms with Crippen molar-refractivity contribution in [2.24, 2.45) is 0 Å². The molecule has 3 rings (SSSR count). The number of benzene rings is 2. The quantitative estimate of drug-likeness (QED) is 0.289. The van der Waals surface area contributed by atoms with E-state index in [-0.39, 0.29) is 29.8 Å². The maximum absolute atomic E-state index is 13.8. The van der Waals surface area contributed by atoms with Gasteiger partial charge in [0.15, 0.2) is 0 Å². The van der Waals surface area contributed by atoms with Crippen LogP contribution in [-0.4, -0.2) is 16.7 Å². The Morgan fingerprint density at radius 1 is 1.20 bits per heavy atom.